The lowest BCUT2D eigenvalue weighted by atomic mass is 10.2. The van der Waals surface area contributed by atoms with Crippen LogP contribution >= 0.6 is 22.6 Å². The number of halogens is 2. The zero-order valence-corrected chi connectivity index (χ0v) is 12.0. The van der Waals surface area contributed by atoms with Gasteiger partial charge in [-0.25, -0.2) is 4.68 Å². The summed E-state index contributed by atoms with van der Waals surface area (Å²) in [5.74, 6) is -1.11. The van der Waals surface area contributed by atoms with Crippen LogP contribution < -0.4 is 5.32 Å². The van der Waals surface area contributed by atoms with Gasteiger partial charge in [-0.2, -0.15) is 9.49 Å². The Bertz CT molecular complexity index is 609. The van der Waals surface area contributed by atoms with Gasteiger partial charge in [-0.1, -0.05) is 12.1 Å². The first-order valence-electron chi connectivity index (χ1n) is 5.25. The minimum Gasteiger partial charge on any atom is -0.321 e. The molecule has 1 N–H and O–H groups in total. The monoisotopic (exact) mass is 359 g/mol. The Balaban J connectivity index is 2.31. The fraction of sp³-hybridized carbons (Fsp3) is 0.167. The topological polar surface area (TPSA) is 46.9 Å². The molecule has 1 amide bonds. The van der Waals surface area contributed by atoms with Crippen LogP contribution in [-0.2, 0) is 7.05 Å². The summed E-state index contributed by atoms with van der Waals surface area (Å²) in [6.45, 7) is 1.61. The Labute approximate surface area is 117 Å². The molecule has 4 nitrogen and oxygen atoms in total. The van der Waals surface area contributed by atoms with Crippen molar-refractivity contribution in [2.24, 2.45) is 7.05 Å². The Morgan fingerprint density at radius 2 is 2.11 bits per heavy atom. The molecule has 0 bridgehead atoms. The van der Waals surface area contributed by atoms with Crippen LogP contribution in [0.15, 0.2) is 24.3 Å². The molecule has 0 saturated carbocycles. The molecular formula is C12H11FIN3O. The van der Waals surface area contributed by atoms with Gasteiger partial charge in [0.2, 0.25) is 5.95 Å². The van der Waals surface area contributed by atoms with Crippen LogP contribution in [-0.4, -0.2) is 15.7 Å². The molecule has 2 aromatic rings. The highest BCUT2D eigenvalue weighted by atomic mass is 127. The number of nitrogens with zero attached hydrogens (tertiary/aromatic N) is 2. The van der Waals surface area contributed by atoms with Gasteiger partial charge in [0.15, 0.2) is 0 Å². The van der Waals surface area contributed by atoms with E-state index in [1.807, 2.05) is 18.2 Å². The Morgan fingerprint density at radius 1 is 1.44 bits per heavy atom. The van der Waals surface area contributed by atoms with Gasteiger partial charge in [0, 0.05) is 10.6 Å². The van der Waals surface area contributed by atoms with Crippen molar-refractivity contribution in [1.82, 2.24) is 9.78 Å². The van der Waals surface area contributed by atoms with Gasteiger partial charge in [0.1, 0.15) is 5.56 Å². The maximum atomic E-state index is 13.7. The number of anilines is 1. The summed E-state index contributed by atoms with van der Waals surface area (Å²) in [5.41, 5.74) is 1.02. The number of hydrogen-bond donors (Lipinski definition) is 1. The van der Waals surface area contributed by atoms with Gasteiger partial charge in [0.05, 0.1) is 11.4 Å². The summed E-state index contributed by atoms with van der Waals surface area (Å²) in [4.78, 5) is 12.0. The van der Waals surface area contributed by atoms with Crippen molar-refractivity contribution in [2.75, 3.05) is 5.32 Å². The van der Waals surface area contributed by atoms with Crippen LogP contribution in [0.1, 0.15) is 16.1 Å². The maximum Gasteiger partial charge on any atom is 0.262 e. The lowest BCUT2D eigenvalue weighted by Crippen LogP contribution is -2.15. The standard InChI is InChI=1S/C12H11FIN3O/c1-7-10(11(13)17(2)16-7)12(18)15-9-6-4-3-5-8(9)14/h3-6H,1-2H3,(H,15,18). The summed E-state index contributed by atoms with van der Waals surface area (Å²) in [6.07, 6.45) is 0. The third kappa shape index (κ3) is 2.38. The van der Waals surface area contributed by atoms with E-state index in [4.69, 9.17) is 0 Å². The average molecular weight is 359 g/mol. The van der Waals surface area contributed by atoms with Crippen LogP contribution in [0, 0.1) is 16.4 Å². The second-order valence-corrected chi connectivity index (χ2v) is 4.97. The van der Waals surface area contributed by atoms with Crippen LogP contribution in [0.25, 0.3) is 0 Å². The van der Waals surface area contributed by atoms with E-state index in [1.165, 1.54) is 7.05 Å². The lowest BCUT2D eigenvalue weighted by Gasteiger charge is -2.06. The zero-order valence-electron chi connectivity index (χ0n) is 9.87. The molecule has 18 heavy (non-hydrogen) atoms. The second-order valence-electron chi connectivity index (χ2n) is 3.81. The van der Waals surface area contributed by atoms with Crippen molar-refractivity contribution in [3.63, 3.8) is 0 Å². The maximum absolute atomic E-state index is 13.7. The molecule has 0 aliphatic heterocycles. The van der Waals surface area contributed by atoms with E-state index in [-0.39, 0.29) is 5.56 Å². The molecule has 0 unspecified atom stereocenters. The predicted octanol–water partition coefficient (Wildman–Crippen LogP) is 2.72. The molecule has 0 saturated heterocycles. The predicted molar refractivity (Wildman–Crippen MR) is 75.0 cm³/mol. The van der Waals surface area contributed by atoms with E-state index in [1.54, 1.807) is 13.0 Å². The fourth-order valence-corrected chi connectivity index (χ4v) is 2.16. The number of nitrogens with one attached hydrogen (secondary N) is 1. The smallest absolute Gasteiger partial charge is 0.262 e. The van der Waals surface area contributed by atoms with Crippen molar-refractivity contribution < 1.29 is 9.18 Å². The number of aryl methyl sites for hydroxylation is 2. The molecule has 0 aliphatic carbocycles. The van der Waals surface area contributed by atoms with Crippen molar-refractivity contribution >= 4 is 34.2 Å². The number of aromatic nitrogens is 2. The molecule has 1 aromatic heterocycles. The Hall–Kier alpha value is -1.44. The number of amides is 1. The van der Waals surface area contributed by atoms with Crippen molar-refractivity contribution in [1.29, 1.82) is 0 Å². The SMILES string of the molecule is Cc1nn(C)c(F)c1C(=O)Nc1ccccc1I. The molecule has 2 rings (SSSR count). The molecule has 0 aliphatic rings. The van der Waals surface area contributed by atoms with Crippen LogP contribution in [0.2, 0.25) is 0 Å². The fourth-order valence-electron chi connectivity index (χ4n) is 1.64. The minimum atomic E-state index is -0.629. The number of para-hydroxylation sites is 1. The van der Waals surface area contributed by atoms with E-state index in [9.17, 15) is 9.18 Å². The van der Waals surface area contributed by atoms with Crippen molar-refractivity contribution in [3.8, 4) is 0 Å². The van der Waals surface area contributed by atoms with E-state index < -0.39 is 11.9 Å². The van der Waals surface area contributed by atoms with E-state index in [2.05, 4.69) is 33.0 Å². The second kappa shape index (κ2) is 5.05. The van der Waals surface area contributed by atoms with Gasteiger partial charge >= 0.3 is 0 Å². The normalized spacial score (nSPS) is 10.4. The zero-order chi connectivity index (χ0) is 13.3. The largest absolute Gasteiger partial charge is 0.321 e. The van der Waals surface area contributed by atoms with Gasteiger partial charge in [-0.05, 0) is 41.6 Å². The van der Waals surface area contributed by atoms with Crippen LogP contribution in [0.4, 0.5) is 10.1 Å². The van der Waals surface area contributed by atoms with Crippen LogP contribution in [0.5, 0.6) is 0 Å². The number of carbonyl (C=O) groups is 1. The molecule has 0 fully saturated rings. The van der Waals surface area contributed by atoms with E-state index >= 15 is 0 Å². The highest BCUT2D eigenvalue weighted by Gasteiger charge is 2.20. The molecular weight excluding hydrogens is 348 g/mol. The third-order valence-corrected chi connectivity index (χ3v) is 3.44. The molecule has 0 atom stereocenters. The van der Waals surface area contributed by atoms with E-state index in [0.29, 0.717) is 11.4 Å². The lowest BCUT2D eigenvalue weighted by molar-refractivity contribution is 0.102. The summed E-state index contributed by atoms with van der Waals surface area (Å²) in [5, 5.41) is 6.56. The summed E-state index contributed by atoms with van der Waals surface area (Å²) < 4.78 is 15.7. The highest BCUT2D eigenvalue weighted by molar-refractivity contribution is 14.1. The first kappa shape index (κ1) is 13.0. The van der Waals surface area contributed by atoms with Gasteiger partial charge in [-0.3, -0.25) is 4.79 Å². The first-order valence-corrected chi connectivity index (χ1v) is 6.33. The number of rotatable bonds is 2. The molecule has 6 heteroatoms. The Kier molecular flexibility index (Phi) is 3.65. The first-order chi connectivity index (χ1) is 8.50. The Morgan fingerprint density at radius 3 is 2.67 bits per heavy atom. The molecule has 1 heterocycles. The quantitative estimate of drug-likeness (QED) is 0.839. The van der Waals surface area contributed by atoms with Crippen molar-refractivity contribution in [2.45, 2.75) is 6.92 Å². The van der Waals surface area contributed by atoms with Gasteiger partial charge in [0.25, 0.3) is 5.91 Å². The minimum absolute atomic E-state index is 0.0165. The molecule has 0 radical (unpaired) electrons. The summed E-state index contributed by atoms with van der Waals surface area (Å²) in [7, 11) is 1.46. The number of benzene rings is 1. The van der Waals surface area contributed by atoms with Gasteiger partial charge < -0.3 is 5.32 Å². The summed E-state index contributed by atoms with van der Waals surface area (Å²) in [6, 6.07) is 7.31. The molecule has 94 valence electrons. The number of carbonyl (C=O) groups excluding carboxylic acids is 1. The van der Waals surface area contributed by atoms with Gasteiger partial charge in [-0.15, -0.1) is 0 Å². The summed E-state index contributed by atoms with van der Waals surface area (Å²) >= 11 is 2.11. The average Bonchev–Trinajstić information content (AvgIpc) is 2.56. The highest BCUT2D eigenvalue weighted by Crippen LogP contribution is 2.19. The third-order valence-electron chi connectivity index (χ3n) is 2.50. The van der Waals surface area contributed by atoms with E-state index in [0.717, 1.165) is 8.25 Å². The van der Waals surface area contributed by atoms with Crippen LogP contribution in [0.3, 0.4) is 0 Å². The van der Waals surface area contributed by atoms with Crippen molar-refractivity contribution in [3.05, 3.63) is 45.0 Å². The molecule has 0 spiro atoms. The molecule has 1 aromatic carbocycles. The number of hydrogen-bond acceptors (Lipinski definition) is 2.